The second kappa shape index (κ2) is 7.51. The van der Waals surface area contributed by atoms with Crippen molar-refractivity contribution in [2.45, 2.75) is 38.1 Å². The van der Waals surface area contributed by atoms with Gasteiger partial charge in [-0.05, 0) is 53.6 Å². The van der Waals surface area contributed by atoms with Crippen molar-refractivity contribution in [2.75, 3.05) is 0 Å². The monoisotopic (exact) mass is 442 g/mol. The zero-order valence-electron chi connectivity index (χ0n) is 18.1. The van der Waals surface area contributed by atoms with Gasteiger partial charge in [-0.15, -0.1) is 5.10 Å². The molecule has 5 aromatic rings. The number of nitrogens with zero attached hydrogens (tertiary/aromatic N) is 6. The van der Waals surface area contributed by atoms with Crippen molar-refractivity contribution in [1.29, 1.82) is 0 Å². The molecule has 0 radical (unpaired) electrons. The van der Waals surface area contributed by atoms with Crippen LogP contribution in [0.25, 0.3) is 44.6 Å². The maximum Gasteiger partial charge on any atom is 0.272 e. The van der Waals surface area contributed by atoms with Gasteiger partial charge < -0.3 is 4.57 Å². The average Bonchev–Trinajstić information content (AvgIpc) is 3.51. The van der Waals surface area contributed by atoms with Gasteiger partial charge in [0.1, 0.15) is 5.82 Å². The van der Waals surface area contributed by atoms with E-state index in [0.717, 1.165) is 40.8 Å². The third-order valence-electron chi connectivity index (χ3n) is 6.57. The Morgan fingerprint density at radius 2 is 1.79 bits per heavy atom. The fourth-order valence-electron chi connectivity index (χ4n) is 4.94. The molecule has 3 heterocycles. The van der Waals surface area contributed by atoms with E-state index in [1.54, 1.807) is 19.2 Å². The molecule has 1 aliphatic rings. The van der Waals surface area contributed by atoms with Crippen molar-refractivity contribution < 1.29 is 0 Å². The van der Waals surface area contributed by atoms with Crippen molar-refractivity contribution >= 4 is 21.8 Å². The Morgan fingerprint density at radius 1 is 0.970 bits per heavy atom. The van der Waals surface area contributed by atoms with Gasteiger partial charge in [0.15, 0.2) is 5.82 Å². The summed E-state index contributed by atoms with van der Waals surface area (Å²) in [6, 6.07) is 11.7. The zero-order chi connectivity index (χ0) is 22.5. The van der Waals surface area contributed by atoms with Crippen LogP contribution in [-0.2, 0) is 7.05 Å². The Balaban J connectivity index is 1.59. The lowest BCUT2D eigenvalue weighted by molar-refractivity contribution is 0.362. The van der Waals surface area contributed by atoms with Crippen LogP contribution in [0.5, 0.6) is 0 Å². The summed E-state index contributed by atoms with van der Waals surface area (Å²) in [4.78, 5) is 30.1. The molecule has 0 bridgehead atoms. The molecule has 0 atom stereocenters. The van der Waals surface area contributed by atoms with E-state index in [9.17, 15) is 9.59 Å². The van der Waals surface area contributed by atoms with Gasteiger partial charge in [-0.1, -0.05) is 25.3 Å². The number of hydrogen-bond donors (Lipinski definition) is 2. The summed E-state index contributed by atoms with van der Waals surface area (Å²) in [5.41, 5.74) is 3.00. The van der Waals surface area contributed by atoms with E-state index in [1.807, 2.05) is 18.2 Å². The van der Waals surface area contributed by atoms with Gasteiger partial charge >= 0.3 is 0 Å². The van der Waals surface area contributed by atoms with Gasteiger partial charge in [-0.2, -0.15) is 0 Å². The van der Waals surface area contributed by atoms with Crippen molar-refractivity contribution in [3.05, 3.63) is 57.1 Å². The molecule has 2 N–H and O–H groups in total. The van der Waals surface area contributed by atoms with Crippen molar-refractivity contribution in [1.82, 2.24) is 40.0 Å². The topological polar surface area (TPSA) is 127 Å². The number of aryl methyl sites for hydroxylation is 1. The molecule has 2 aromatic carbocycles. The molecule has 166 valence electrons. The molecule has 1 fully saturated rings. The number of fused-ring (bicyclic) bond motifs is 2. The summed E-state index contributed by atoms with van der Waals surface area (Å²) in [5, 5.41) is 17.5. The second-order valence-corrected chi connectivity index (χ2v) is 8.62. The SMILES string of the molecule is Cn1[nH]c(=O)c2cc(-c3nc4cc(-c5nnn[nH]5)ccc4n3C3CCCCC3)ccc2c1=O. The van der Waals surface area contributed by atoms with Crippen LogP contribution in [-0.4, -0.2) is 40.0 Å². The standard InChI is InChI=1S/C23H22N8O2/c1-30-23(33)16-9-7-14(11-17(16)22(32)27-30)21-24-18-12-13(20-25-28-29-26-20)8-10-19(18)31(21)15-5-3-2-4-6-15/h7-12,15H,2-6H2,1H3,(H,27,32)(H,25,26,28,29). The first-order valence-corrected chi connectivity index (χ1v) is 11.1. The van der Waals surface area contributed by atoms with Gasteiger partial charge in [-0.3, -0.25) is 19.4 Å². The van der Waals surface area contributed by atoms with Crippen molar-refractivity contribution in [3.63, 3.8) is 0 Å². The van der Waals surface area contributed by atoms with Crippen LogP contribution < -0.4 is 11.1 Å². The van der Waals surface area contributed by atoms with Gasteiger partial charge in [0.25, 0.3) is 11.1 Å². The van der Waals surface area contributed by atoms with Crippen LogP contribution in [0.2, 0.25) is 0 Å². The van der Waals surface area contributed by atoms with Crippen LogP contribution in [0, 0.1) is 0 Å². The minimum absolute atomic E-state index is 0.234. The van der Waals surface area contributed by atoms with E-state index < -0.39 is 0 Å². The van der Waals surface area contributed by atoms with Crippen LogP contribution in [0.15, 0.2) is 46.0 Å². The molecular weight excluding hydrogens is 420 g/mol. The highest BCUT2D eigenvalue weighted by Crippen LogP contribution is 2.37. The van der Waals surface area contributed by atoms with E-state index >= 15 is 0 Å². The molecule has 3 aromatic heterocycles. The van der Waals surface area contributed by atoms with Crippen LogP contribution in [0.3, 0.4) is 0 Å². The van der Waals surface area contributed by atoms with E-state index in [2.05, 4.69) is 36.4 Å². The number of hydrogen-bond acceptors (Lipinski definition) is 6. The molecule has 10 nitrogen and oxygen atoms in total. The lowest BCUT2D eigenvalue weighted by atomic mass is 9.94. The molecule has 0 saturated heterocycles. The summed E-state index contributed by atoms with van der Waals surface area (Å²) in [6.45, 7) is 0. The highest BCUT2D eigenvalue weighted by molar-refractivity contribution is 5.88. The number of imidazole rings is 1. The Hall–Kier alpha value is -4.08. The van der Waals surface area contributed by atoms with Gasteiger partial charge in [-0.25, -0.2) is 10.1 Å². The summed E-state index contributed by atoms with van der Waals surface area (Å²) < 4.78 is 3.51. The smallest absolute Gasteiger partial charge is 0.272 e. The number of H-pyrrole nitrogens is 2. The third kappa shape index (κ3) is 3.17. The molecule has 6 rings (SSSR count). The van der Waals surface area contributed by atoms with Gasteiger partial charge in [0.05, 0.1) is 21.8 Å². The molecule has 10 heteroatoms. The maximum atomic E-state index is 12.6. The highest BCUT2D eigenvalue weighted by Gasteiger charge is 2.23. The van der Waals surface area contributed by atoms with Crippen molar-refractivity contribution in [3.8, 4) is 22.8 Å². The number of benzene rings is 2. The molecule has 0 unspecified atom stereocenters. The number of rotatable bonds is 3. The average molecular weight is 442 g/mol. The fraction of sp³-hybridized carbons (Fsp3) is 0.304. The van der Waals surface area contributed by atoms with Crippen LogP contribution in [0.4, 0.5) is 0 Å². The van der Waals surface area contributed by atoms with Crippen molar-refractivity contribution in [2.24, 2.45) is 7.05 Å². The number of aromatic nitrogens is 8. The Kier molecular flexibility index (Phi) is 4.46. The van der Waals surface area contributed by atoms with E-state index in [0.29, 0.717) is 22.6 Å². The lowest BCUT2D eigenvalue weighted by Crippen LogP contribution is -2.27. The molecule has 1 aliphatic carbocycles. The molecular formula is C23H22N8O2. The Morgan fingerprint density at radius 3 is 2.58 bits per heavy atom. The predicted octanol–water partition coefficient (Wildman–Crippen LogP) is 2.93. The van der Waals surface area contributed by atoms with Crippen LogP contribution >= 0.6 is 0 Å². The summed E-state index contributed by atoms with van der Waals surface area (Å²) in [6.07, 6.45) is 5.77. The van der Waals surface area contributed by atoms with E-state index in [1.165, 1.54) is 23.9 Å². The number of tetrazole rings is 1. The lowest BCUT2D eigenvalue weighted by Gasteiger charge is -2.25. The predicted molar refractivity (Wildman–Crippen MR) is 124 cm³/mol. The number of aromatic amines is 2. The summed E-state index contributed by atoms with van der Waals surface area (Å²) in [5.74, 6) is 1.38. The zero-order valence-corrected chi connectivity index (χ0v) is 18.1. The fourth-order valence-corrected chi connectivity index (χ4v) is 4.94. The minimum Gasteiger partial charge on any atom is -0.321 e. The molecule has 0 aliphatic heterocycles. The Labute approximate surface area is 187 Å². The minimum atomic E-state index is -0.297. The molecule has 33 heavy (non-hydrogen) atoms. The van der Waals surface area contributed by atoms with Gasteiger partial charge in [0, 0.05) is 24.2 Å². The maximum absolute atomic E-state index is 12.6. The first-order valence-electron chi connectivity index (χ1n) is 11.1. The summed E-state index contributed by atoms with van der Waals surface area (Å²) in [7, 11) is 1.54. The number of nitrogens with one attached hydrogen (secondary N) is 2. The Bertz CT molecular complexity index is 1600. The molecule has 0 amide bonds. The second-order valence-electron chi connectivity index (χ2n) is 8.62. The molecule has 0 spiro atoms. The van der Waals surface area contributed by atoms with E-state index in [4.69, 9.17) is 4.98 Å². The first kappa shape index (κ1) is 19.6. The normalized spacial score (nSPS) is 14.9. The highest BCUT2D eigenvalue weighted by atomic mass is 16.1. The third-order valence-corrected chi connectivity index (χ3v) is 6.57. The quantitative estimate of drug-likeness (QED) is 0.442. The summed E-state index contributed by atoms with van der Waals surface area (Å²) >= 11 is 0. The largest absolute Gasteiger partial charge is 0.321 e. The van der Waals surface area contributed by atoms with Crippen LogP contribution in [0.1, 0.15) is 38.1 Å². The molecule has 1 saturated carbocycles. The van der Waals surface area contributed by atoms with Gasteiger partial charge in [0.2, 0.25) is 0 Å². The first-order chi connectivity index (χ1) is 16.1. The van der Waals surface area contributed by atoms with E-state index in [-0.39, 0.29) is 11.1 Å².